The molecule has 0 heterocycles. The summed E-state index contributed by atoms with van der Waals surface area (Å²) in [5, 5.41) is 5.82. The van der Waals surface area contributed by atoms with Gasteiger partial charge in [-0.3, -0.25) is 4.79 Å². The minimum atomic E-state index is -0.542. The zero-order valence-electron chi connectivity index (χ0n) is 13.1. The monoisotopic (exact) mass is 320 g/mol. The van der Waals surface area contributed by atoms with E-state index in [9.17, 15) is 14.0 Å². The van der Waals surface area contributed by atoms with Gasteiger partial charge < -0.3 is 15.4 Å². The van der Waals surface area contributed by atoms with Gasteiger partial charge in [-0.1, -0.05) is 0 Å². The van der Waals surface area contributed by atoms with Crippen LogP contribution in [-0.4, -0.2) is 31.6 Å². The van der Waals surface area contributed by atoms with Gasteiger partial charge in [0.2, 0.25) is 5.91 Å². The van der Waals surface area contributed by atoms with Crippen LogP contribution >= 0.6 is 0 Å². The number of rotatable bonds is 7. The molecule has 0 aromatic heterocycles. The first-order chi connectivity index (χ1) is 11.1. The van der Waals surface area contributed by atoms with Crippen molar-refractivity contribution >= 4 is 17.6 Å². The fourth-order valence-corrected chi connectivity index (χ4v) is 2.85. The van der Waals surface area contributed by atoms with Crippen LogP contribution in [0.15, 0.2) is 18.2 Å². The maximum atomic E-state index is 13.8. The van der Waals surface area contributed by atoms with Crippen molar-refractivity contribution in [2.75, 3.05) is 19.0 Å². The average Bonchev–Trinajstić information content (AvgIpc) is 3.43. The molecule has 2 fully saturated rings. The molecule has 5 nitrogen and oxygen atoms in total. The highest BCUT2D eigenvalue weighted by Crippen LogP contribution is 2.44. The SMILES string of the molecule is COC(=O)c1ccc(F)c(NCC(=O)NC(C2CC2)C2CC2)c1. The molecule has 3 rings (SSSR count). The Morgan fingerprint density at radius 3 is 2.48 bits per heavy atom. The first kappa shape index (κ1) is 15.8. The number of esters is 1. The molecule has 2 aliphatic carbocycles. The zero-order chi connectivity index (χ0) is 16.4. The van der Waals surface area contributed by atoms with E-state index in [4.69, 9.17) is 0 Å². The Hall–Kier alpha value is -2.11. The number of hydrogen-bond donors (Lipinski definition) is 2. The van der Waals surface area contributed by atoms with Crippen LogP contribution < -0.4 is 10.6 Å². The van der Waals surface area contributed by atoms with E-state index in [1.807, 2.05) is 0 Å². The number of anilines is 1. The third kappa shape index (κ3) is 4.00. The molecular weight excluding hydrogens is 299 g/mol. The largest absolute Gasteiger partial charge is 0.465 e. The molecule has 124 valence electrons. The molecule has 0 aliphatic heterocycles. The third-order valence-electron chi connectivity index (χ3n) is 4.41. The molecule has 0 unspecified atom stereocenters. The van der Waals surface area contributed by atoms with Crippen LogP contribution in [-0.2, 0) is 9.53 Å². The highest BCUT2D eigenvalue weighted by atomic mass is 19.1. The van der Waals surface area contributed by atoms with Crippen molar-refractivity contribution in [3.05, 3.63) is 29.6 Å². The molecule has 1 aromatic rings. The molecule has 1 aromatic carbocycles. The predicted octanol–water partition coefficient (Wildman–Crippen LogP) is 2.33. The second kappa shape index (κ2) is 6.56. The fourth-order valence-electron chi connectivity index (χ4n) is 2.85. The number of carbonyl (C=O) groups is 2. The number of amides is 1. The van der Waals surface area contributed by atoms with Gasteiger partial charge in [-0.25, -0.2) is 9.18 Å². The lowest BCUT2D eigenvalue weighted by Gasteiger charge is -2.18. The summed E-state index contributed by atoms with van der Waals surface area (Å²) >= 11 is 0. The van der Waals surface area contributed by atoms with Gasteiger partial charge in [0.1, 0.15) is 5.82 Å². The Morgan fingerprint density at radius 1 is 1.26 bits per heavy atom. The number of halogens is 1. The van der Waals surface area contributed by atoms with Crippen molar-refractivity contribution in [3.63, 3.8) is 0 Å². The van der Waals surface area contributed by atoms with E-state index < -0.39 is 11.8 Å². The summed E-state index contributed by atoms with van der Waals surface area (Å²) in [6.07, 6.45) is 4.74. The van der Waals surface area contributed by atoms with Gasteiger partial charge >= 0.3 is 5.97 Å². The van der Waals surface area contributed by atoms with Crippen LogP contribution in [0.25, 0.3) is 0 Å². The smallest absolute Gasteiger partial charge is 0.337 e. The van der Waals surface area contributed by atoms with Gasteiger partial charge in [-0.05, 0) is 55.7 Å². The summed E-state index contributed by atoms with van der Waals surface area (Å²) in [5.74, 6) is 0.0415. The van der Waals surface area contributed by atoms with E-state index in [2.05, 4.69) is 15.4 Å². The quantitative estimate of drug-likeness (QED) is 0.757. The van der Waals surface area contributed by atoms with Crippen molar-refractivity contribution in [2.24, 2.45) is 11.8 Å². The van der Waals surface area contributed by atoms with E-state index in [-0.39, 0.29) is 29.7 Å². The Bertz CT molecular complexity index is 600. The third-order valence-corrected chi connectivity index (χ3v) is 4.41. The zero-order valence-corrected chi connectivity index (χ0v) is 13.1. The highest BCUT2D eigenvalue weighted by Gasteiger charge is 2.42. The van der Waals surface area contributed by atoms with Crippen molar-refractivity contribution in [1.29, 1.82) is 0 Å². The van der Waals surface area contributed by atoms with Crippen LogP contribution in [0.4, 0.5) is 10.1 Å². The van der Waals surface area contributed by atoms with Crippen molar-refractivity contribution < 1.29 is 18.7 Å². The lowest BCUT2D eigenvalue weighted by atomic mass is 10.1. The summed E-state index contributed by atoms with van der Waals surface area (Å²) in [4.78, 5) is 23.6. The molecule has 0 bridgehead atoms. The van der Waals surface area contributed by atoms with E-state index in [0.29, 0.717) is 11.8 Å². The van der Waals surface area contributed by atoms with E-state index in [1.54, 1.807) is 0 Å². The fraction of sp³-hybridized carbons (Fsp3) is 0.529. The number of methoxy groups -OCH3 is 1. The molecule has 0 saturated heterocycles. The number of ether oxygens (including phenoxy) is 1. The number of hydrogen-bond acceptors (Lipinski definition) is 4. The van der Waals surface area contributed by atoms with Crippen molar-refractivity contribution in [1.82, 2.24) is 5.32 Å². The maximum absolute atomic E-state index is 13.8. The first-order valence-electron chi connectivity index (χ1n) is 7.99. The predicted molar refractivity (Wildman–Crippen MR) is 83.6 cm³/mol. The number of benzene rings is 1. The van der Waals surface area contributed by atoms with Gasteiger partial charge in [0.05, 0.1) is 24.9 Å². The lowest BCUT2D eigenvalue weighted by Crippen LogP contribution is -2.41. The second-order valence-corrected chi connectivity index (χ2v) is 6.31. The van der Waals surface area contributed by atoms with Crippen LogP contribution in [0, 0.1) is 17.7 Å². The van der Waals surface area contributed by atoms with Crippen LogP contribution in [0.2, 0.25) is 0 Å². The highest BCUT2D eigenvalue weighted by molar-refractivity contribution is 5.90. The molecule has 1 amide bonds. The Balaban J connectivity index is 1.56. The Morgan fingerprint density at radius 2 is 1.91 bits per heavy atom. The Labute approximate surface area is 134 Å². The minimum Gasteiger partial charge on any atom is -0.465 e. The van der Waals surface area contributed by atoms with Crippen LogP contribution in [0.1, 0.15) is 36.0 Å². The first-order valence-corrected chi connectivity index (χ1v) is 7.99. The lowest BCUT2D eigenvalue weighted by molar-refractivity contribution is -0.120. The molecule has 2 aliphatic rings. The standard InChI is InChI=1S/C17H21FN2O3/c1-23-17(22)12-6-7-13(18)14(8-12)19-9-15(21)20-16(10-2-3-10)11-4-5-11/h6-8,10-11,16,19H,2-5,9H2,1H3,(H,20,21). The average molecular weight is 320 g/mol. The minimum absolute atomic E-state index is 0.0164. The topological polar surface area (TPSA) is 67.4 Å². The van der Waals surface area contributed by atoms with Crippen molar-refractivity contribution in [3.8, 4) is 0 Å². The number of nitrogens with one attached hydrogen (secondary N) is 2. The van der Waals surface area contributed by atoms with Crippen LogP contribution in [0.3, 0.4) is 0 Å². The van der Waals surface area contributed by atoms with Crippen LogP contribution in [0.5, 0.6) is 0 Å². The van der Waals surface area contributed by atoms with E-state index in [0.717, 1.165) is 0 Å². The molecule has 2 saturated carbocycles. The molecule has 6 heteroatoms. The summed E-state index contributed by atoms with van der Waals surface area (Å²) in [6.45, 7) is -0.0164. The van der Waals surface area contributed by atoms with Gasteiger partial charge in [0.25, 0.3) is 0 Å². The summed E-state index contributed by atoms with van der Waals surface area (Å²) in [7, 11) is 1.27. The second-order valence-electron chi connectivity index (χ2n) is 6.31. The normalized spacial score (nSPS) is 17.0. The van der Waals surface area contributed by atoms with E-state index >= 15 is 0 Å². The summed E-state index contributed by atoms with van der Waals surface area (Å²) in [5.41, 5.74) is 0.364. The molecule has 0 radical (unpaired) electrons. The maximum Gasteiger partial charge on any atom is 0.337 e. The summed E-state index contributed by atoms with van der Waals surface area (Å²) < 4.78 is 18.4. The van der Waals surface area contributed by atoms with Gasteiger partial charge in [0.15, 0.2) is 0 Å². The molecule has 2 N–H and O–H groups in total. The van der Waals surface area contributed by atoms with Gasteiger partial charge in [0, 0.05) is 6.04 Å². The summed E-state index contributed by atoms with van der Waals surface area (Å²) in [6, 6.07) is 4.16. The Kier molecular flexibility index (Phi) is 4.50. The van der Waals surface area contributed by atoms with Gasteiger partial charge in [-0.15, -0.1) is 0 Å². The number of carbonyl (C=O) groups excluding carboxylic acids is 2. The molecule has 0 spiro atoms. The van der Waals surface area contributed by atoms with Crippen molar-refractivity contribution in [2.45, 2.75) is 31.7 Å². The molecule has 0 atom stereocenters. The van der Waals surface area contributed by atoms with E-state index in [1.165, 1.54) is 51.0 Å². The molecular formula is C17H21FN2O3. The molecule has 23 heavy (non-hydrogen) atoms. The van der Waals surface area contributed by atoms with Gasteiger partial charge in [-0.2, -0.15) is 0 Å².